The van der Waals surface area contributed by atoms with E-state index in [1.165, 1.54) is 37.9 Å². The molecule has 0 aromatic heterocycles. The fraction of sp³-hybridized carbons (Fsp3) is 0.294. The second kappa shape index (κ2) is 3.71. The topological polar surface area (TPSA) is 0 Å². The van der Waals surface area contributed by atoms with Gasteiger partial charge in [-0.1, -0.05) is 54.0 Å². The highest BCUT2D eigenvalue weighted by molar-refractivity contribution is 9.10. The van der Waals surface area contributed by atoms with Gasteiger partial charge in [-0.3, -0.25) is 0 Å². The van der Waals surface area contributed by atoms with Gasteiger partial charge in [0, 0.05) is 9.89 Å². The molecule has 18 heavy (non-hydrogen) atoms. The maximum absolute atomic E-state index is 3.73. The lowest BCUT2D eigenvalue weighted by Gasteiger charge is -2.24. The Hall–Kier alpha value is -1.08. The van der Waals surface area contributed by atoms with Crippen LogP contribution in [0.5, 0.6) is 0 Å². The summed E-state index contributed by atoms with van der Waals surface area (Å²) in [5, 5.41) is 0. The van der Waals surface area contributed by atoms with E-state index in [1.807, 2.05) is 0 Å². The van der Waals surface area contributed by atoms with Crippen molar-refractivity contribution in [3.8, 4) is 11.1 Å². The summed E-state index contributed by atoms with van der Waals surface area (Å²) >= 11 is 3.73. The molecule has 0 atom stereocenters. The molecule has 1 aliphatic carbocycles. The minimum atomic E-state index is 0.103. The first-order valence-corrected chi connectivity index (χ1v) is 7.14. The zero-order chi connectivity index (χ0) is 13.1. The van der Waals surface area contributed by atoms with Crippen molar-refractivity contribution < 1.29 is 0 Å². The van der Waals surface area contributed by atoms with Crippen molar-refractivity contribution in [3.05, 3.63) is 57.1 Å². The monoisotopic (exact) mass is 300 g/mol. The standard InChI is InChI=1S/C17H17Br/c1-10-9-13-12-7-5-6-8-14(12)17(3,4)15(13)11(2)16(10)18/h5-9H,1-4H3. The SMILES string of the molecule is Cc1cc2c(c(C)c1Br)C(C)(C)c1ccccc1-2. The van der Waals surface area contributed by atoms with Crippen LogP contribution in [-0.4, -0.2) is 0 Å². The molecule has 1 aliphatic rings. The highest BCUT2D eigenvalue weighted by Gasteiger charge is 2.37. The minimum Gasteiger partial charge on any atom is -0.0619 e. The lowest BCUT2D eigenvalue weighted by atomic mass is 9.80. The number of fused-ring (bicyclic) bond motifs is 3. The molecular formula is C17H17Br. The van der Waals surface area contributed by atoms with Gasteiger partial charge in [-0.15, -0.1) is 0 Å². The maximum atomic E-state index is 3.73. The van der Waals surface area contributed by atoms with E-state index in [9.17, 15) is 0 Å². The van der Waals surface area contributed by atoms with Gasteiger partial charge in [0.05, 0.1) is 0 Å². The predicted molar refractivity (Wildman–Crippen MR) is 81.2 cm³/mol. The summed E-state index contributed by atoms with van der Waals surface area (Å²) in [7, 11) is 0. The van der Waals surface area contributed by atoms with Gasteiger partial charge < -0.3 is 0 Å². The van der Waals surface area contributed by atoms with Gasteiger partial charge in [0.25, 0.3) is 0 Å². The van der Waals surface area contributed by atoms with Gasteiger partial charge in [-0.25, -0.2) is 0 Å². The second-order valence-electron chi connectivity index (χ2n) is 5.73. The van der Waals surface area contributed by atoms with Crippen molar-refractivity contribution in [3.63, 3.8) is 0 Å². The molecule has 0 spiro atoms. The summed E-state index contributed by atoms with van der Waals surface area (Å²) in [5.41, 5.74) is 8.53. The number of hydrogen-bond acceptors (Lipinski definition) is 0. The van der Waals surface area contributed by atoms with Gasteiger partial charge in [0.15, 0.2) is 0 Å². The molecule has 1 heteroatoms. The van der Waals surface area contributed by atoms with Crippen molar-refractivity contribution in [2.45, 2.75) is 33.1 Å². The van der Waals surface area contributed by atoms with Gasteiger partial charge in [0.2, 0.25) is 0 Å². The summed E-state index contributed by atoms with van der Waals surface area (Å²) in [6.45, 7) is 9.05. The van der Waals surface area contributed by atoms with E-state index in [1.54, 1.807) is 0 Å². The maximum Gasteiger partial charge on any atom is 0.0237 e. The van der Waals surface area contributed by atoms with Gasteiger partial charge in [0.1, 0.15) is 0 Å². The van der Waals surface area contributed by atoms with Crippen molar-refractivity contribution in [1.82, 2.24) is 0 Å². The van der Waals surface area contributed by atoms with Crippen LogP contribution < -0.4 is 0 Å². The summed E-state index contributed by atoms with van der Waals surface area (Å²) in [6.07, 6.45) is 0. The molecule has 92 valence electrons. The number of rotatable bonds is 0. The first-order chi connectivity index (χ1) is 8.44. The molecule has 3 rings (SSSR count). The summed E-state index contributed by atoms with van der Waals surface area (Å²) in [4.78, 5) is 0. The third-order valence-corrected chi connectivity index (χ3v) is 5.42. The molecule has 0 fully saturated rings. The average molecular weight is 301 g/mol. The first kappa shape index (κ1) is 12.0. The predicted octanol–water partition coefficient (Wildman–Crippen LogP) is 5.37. The van der Waals surface area contributed by atoms with Crippen LogP contribution in [0.15, 0.2) is 34.8 Å². The lowest BCUT2D eigenvalue weighted by Crippen LogP contribution is -2.16. The van der Waals surface area contributed by atoms with Gasteiger partial charge >= 0.3 is 0 Å². The molecule has 0 nitrogen and oxygen atoms in total. The van der Waals surface area contributed by atoms with Crippen LogP contribution >= 0.6 is 15.9 Å². The second-order valence-corrected chi connectivity index (χ2v) is 6.52. The molecule has 2 aromatic rings. The van der Waals surface area contributed by atoms with Crippen LogP contribution in [-0.2, 0) is 5.41 Å². The smallest absolute Gasteiger partial charge is 0.0237 e. The van der Waals surface area contributed by atoms with E-state index in [0.29, 0.717) is 0 Å². The molecule has 0 amide bonds. The number of aryl methyl sites for hydroxylation is 1. The molecular weight excluding hydrogens is 284 g/mol. The third kappa shape index (κ3) is 1.37. The zero-order valence-electron chi connectivity index (χ0n) is 11.3. The Bertz CT molecular complexity index is 651. The lowest BCUT2D eigenvalue weighted by molar-refractivity contribution is 0.655. The van der Waals surface area contributed by atoms with Crippen molar-refractivity contribution >= 4 is 15.9 Å². The van der Waals surface area contributed by atoms with E-state index in [-0.39, 0.29) is 5.41 Å². The highest BCUT2D eigenvalue weighted by Crippen LogP contribution is 2.51. The largest absolute Gasteiger partial charge is 0.0619 e. The van der Waals surface area contributed by atoms with Gasteiger partial charge in [-0.05, 0) is 53.3 Å². The van der Waals surface area contributed by atoms with Crippen LogP contribution in [0.2, 0.25) is 0 Å². The summed E-state index contributed by atoms with van der Waals surface area (Å²) < 4.78 is 1.25. The molecule has 0 aliphatic heterocycles. The summed E-state index contributed by atoms with van der Waals surface area (Å²) in [6, 6.07) is 11.1. The zero-order valence-corrected chi connectivity index (χ0v) is 12.9. The van der Waals surface area contributed by atoms with Crippen molar-refractivity contribution in [2.75, 3.05) is 0 Å². The molecule has 0 saturated heterocycles. The van der Waals surface area contributed by atoms with Crippen LogP contribution in [0.1, 0.15) is 36.1 Å². The Balaban J connectivity index is 2.46. The van der Waals surface area contributed by atoms with E-state index in [4.69, 9.17) is 0 Å². The quantitative estimate of drug-likeness (QED) is 0.613. The van der Waals surface area contributed by atoms with Crippen molar-refractivity contribution in [1.29, 1.82) is 0 Å². The van der Waals surface area contributed by atoms with Crippen LogP contribution in [0.3, 0.4) is 0 Å². The molecule has 2 aromatic carbocycles. The molecule has 0 radical (unpaired) electrons. The summed E-state index contributed by atoms with van der Waals surface area (Å²) in [5.74, 6) is 0. The van der Waals surface area contributed by atoms with Gasteiger partial charge in [-0.2, -0.15) is 0 Å². The van der Waals surface area contributed by atoms with Crippen LogP contribution in [0.4, 0.5) is 0 Å². The van der Waals surface area contributed by atoms with E-state index < -0.39 is 0 Å². The third-order valence-electron chi connectivity index (χ3n) is 4.20. The minimum absolute atomic E-state index is 0.103. The Labute approximate surface area is 117 Å². The fourth-order valence-corrected chi connectivity index (χ4v) is 3.69. The van der Waals surface area contributed by atoms with Crippen LogP contribution in [0.25, 0.3) is 11.1 Å². The van der Waals surface area contributed by atoms with E-state index in [0.717, 1.165) is 0 Å². The Morgan fingerprint density at radius 2 is 1.67 bits per heavy atom. The average Bonchev–Trinajstić information content (AvgIpc) is 2.56. The Morgan fingerprint density at radius 1 is 1.00 bits per heavy atom. The number of halogens is 1. The molecule has 0 saturated carbocycles. The first-order valence-electron chi connectivity index (χ1n) is 6.34. The van der Waals surface area contributed by atoms with E-state index in [2.05, 4.69) is 74.0 Å². The molecule has 0 bridgehead atoms. The van der Waals surface area contributed by atoms with E-state index >= 15 is 0 Å². The number of hydrogen-bond donors (Lipinski definition) is 0. The van der Waals surface area contributed by atoms with Crippen molar-refractivity contribution in [2.24, 2.45) is 0 Å². The number of benzene rings is 2. The normalized spacial score (nSPS) is 15.4. The molecule has 0 N–H and O–H groups in total. The Morgan fingerprint density at radius 3 is 2.39 bits per heavy atom. The molecule has 0 heterocycles. The fourth-order valence-electron chi connectivity index (χ4n) is 3.38. The van der Waals surface area contributed by atoms with Crippen LogP contribution in [0, 0.1) is 13.8 Å². The highest BCUT2D eigenvalue weighted by atomic mass is 79.9. The molecule has 0 unspecified atom stereocenters. The Kier molecular flexibility index (Phi) is 2.47.